The lowest BCUT2D eigenvalue weighted by atomic mass is 10.1. The maximum atomic E-state index is 10.6. The van der Waals surface area contributed by atoms with Crippen LogP contribution in [0.15, 0.2) is 37.0 Å². The molecule has 1 aliphatic rings. The first-order valence-corrected chi connectivity index (χ1v) is 8.60. The maximum Gasteiger partial charge on any atom is 0.338 e. The minimum atomic E-state index is -0.579. The molecule has 0 radical (unpaired) electrons. The lowest BCUT2D eigenvalue weighted by molar-refractivity contribution is -0.150. The second-order valence-electron chi connectivity index (χ2n) is 5.96. The van der Waals surface area contributed by atoms with E-state index in [1.54, 1.807) is 6.92 Å². The molecule has 1 aliphatic heterocycles. The number of cyclic esters (lactones) is 2. The SMILES string of the molecule is C=C(C)C(=O)OC.C=CC(=O)OCCCCCC(C)C.O=C1C=CC(=O)O1. The molecular weight excluding hydrogens is 352 g/mol. The van der Waals surface area contributed by atoms with Crippen LogP contribution in [0.1, 0.15) is 46.5 Å². The molecule has 0 aromatic carbocycles. The van der Waals surface area contributed by atoms with Crippen molar-refractivity contribution in [2.45, 2.75) is 46.5 Å². The summed E-state index contributed by atoms with van der Waals surface area (Å²) >= 11 is 0. The Kier molecular flexibility index (Phi) is 16.5. The molecule has 0 fully saturated rings. The van der Waals surface area contributed by atoms with Gasteiger partial charge in [-0.2, -0.15) is 0 Å². The van der Waals surface area contributed by atoms with Crippen molar-refractivity contribution in [3.63, 3.8) is 0 Å². The smallest absolute Gasteiger partial charge is 0.338 e. The van der Waals surface area contributed by atoms with Crippen molar-refractivity contribution < 1.29 is 33.4 Å². The third kappa shape index (κ3) is 19.5. The zero-order chi connectivity index (χ0) is 21.2. The van der Waals surface area contributed by atoms with E-state index >= 15 is 0 Å². The van der Waals surface area contributed by atoms with Crippen LogP contribution in [0.4, 0.5) is 0 Å². The summed E-state index contributed by atoms with van der Waals surface area (Å²) in [4.78, 5) is 40.6. The van der Waals surface area contributed by atoms with Gasteiger partial charge in [-0.25, -0.2) is 19.2 Å². The molecule has 0 saturated carbocycles. The van der Waals surface area contributed by atoms with Crippen LogP contribution < -0.4 is 0 Å². The van der Waals surface area contributed by atoms with Crippen molar-refractivity contribution in [2.24, 2.45) is 5.92 Å². The van der Waals surface area contributed by atoms with Gasteiger partial charge in [0.25, 0.3) is 0 Å². The van der Waals surface area contributed by atoms with Gasteiger partial charge >= 0.3 is 23.9 Å². The average Bonchev–Trinajstić information content (AvgIpc) is 3.00. The summed E-state index contributed by atoms with van der Waals surface area (Å²) in [5.41, 5.74) is 0.433. The Morgan fingerprint density at radius 3 is 2.00 bits per heavy atom. The van der Waals surface area contributed by atoms with Crippen LogP contribution in [0.25, 0.3) is 0 Å². The van der Waals surface area contributed by atoms with E-state index in [4.69, 9.17) is 4.74 Å². The van der Waals surface area contributed by atoms with Crippen molar-refractivity contribution in [3.05, 3.63) is 37.0 Å². The molecule has 0 unspecified atom stereocenters. The molecule has 0 atom stereocenters. The second-order valence-corrected chi connectivity index (χ2v) is 5.96. The molecule has 0 aliphatic carbocycles. The largest absolute Gasteiger partial charge is 0.466 e. The van der Waals surface area contributed by atoms with Gasteiger partial charge in [-0.3, -0.25) is 0 Å². The number of esters is 4. The first kappa shape index (κ1) is 26.5. The molecule has 0 bridgehead atoms. The minimum absolute atomic E-state index is 0.316. The molecule has 0 saturated heterocycles. The number of unbranched alkanes of at least 4 members (excludes halogenated alkanes) is 2. The van der Waals surface area contributed by atoms with Gasteiger partial charge in [0.2, 0.25) is 0 Å². The normalized spacial score (nSPS) is 11.4. The molecule has 0 amide bonds. The molecule has 0 N–H and O–H groups in total. The number of hydrogen-bond donors (Lipinski definition) is 0. The number of rotatable bonds is 8. The van der Waals surface area contributed by atoms with Crippen molar-refractivity contribution in [2.75, 3.05) is 13.7 Å². The predicted molar refractivity (Wildman–Crippen MR) is 102 cm³/mol. The summed E-state index contributed by atoms with van der Waals surface area (Å²) in [6, 6.07) is 0. The Morgan fingerprint density at radius 2 is 1.70 bits per heavy atom. The fraction of sp³-hybridized carbons (Fsp3) is 0.500. The number of carbonyl (C=O) groups is 4. The van der Waals surface area contributed by atoms with Crippen LogP contribution in [0.2, 0.25) is 0 Å². The van der Waals surface area contributed by atoms with E-state index < -0.39 is 11.9 Å². The van der Waals surface area contributed by atoms with E-state index in [2.05, 4.69) is 36.5 Å². The Hall–Kier alpha value is -2.70. The Balaban J connectivity index is 0. The number of carbonyl (C=O) groups excluding carboxylic acids is 4. The van der Waals surface area contributed by atoms with Crippen LogP contribution in [-0.4, -0.2) is 37.6 Å². The molecule has 0 aromatic rings. The van der Waals surface area contributed by atoms with E-state index in [0.29, 0.717) is 12.2 Å². The fourth-order valence-electron chi connectivity index (χ4n) is 1.54. The van der Waals surface area contributed by atoms with Gasteiger partial charge in [-0.05, 0) is 19.3 Å². The second kappa shape index (κ2) is 16.8. The summed E-state index contributed by atoms with van der Waals surface area (Å²) in [5, 5.41) is 0. The van der Waals surface area contributed by atoms with Gasteiger partial charge < -0.3 is 14.2 Å². The molecule has 1 rings (SSSR count). The van der Waals surface area contributed by atoms with Crippen molar-refractivity contribution in [1.29, 1.82) is 0 Å². The van der Waals surface area contributed by atoms with E-state index in [9.17, 15) is 19.2 Å². The summed E-state index contributed by atoms with van der Waals surface area (Å²) in [5.74, 6) is -1.05. The van der Waals surface area contributed by atoms with E-state index in [1.165, 1.54) is 26.0 Å². The Morgan fingerprint density at radius 1 is 1.15 bits per heavy atom. The number of methoxy groups -OCH3 is 1. The first-order chi connectivity index (χ1) is 12.6. The molecule has 1 heterocycles. The molecule has 0 spiro atoms. The molecule has 7 nitrogen and oxygen atoms in total. The van der Waals surface area contributed by atoms with Gasteiger partial charge in [0.05, 0.1) is 13.7 Å². The van der Waals surface area contributed by atoms with Crippen LogP contribution in [0.5, 0.6) is 0 Å². The van der Waals surface area contributed by atoms with Crippen LogP contribution >= 0.6 is 0 Å². The predicted octanol–water partition coefficient (Wildman–Crippen LogP) is 3.29. The van der Waals surface area contributed by atoms with Crippen LogP contribution in [-0.2, 0) is 33.4 Å². The highest BCUT2D eigenvalue weighted by Gasteiger charge is 2.10. The lowest BCUT2D eigenvalue weighted by Gasteiger charge is -2.04. The van der Waals surface area contributed by atoms with Crippen molar-refractivity contribution in [3.8, 4) is 0 Å². The van der Waals surface area contributed by atoms with Crippen LogP contribution in [0.3, 0.4) is 0 Å². The topological polar surface area (TPSA) is 96.0 Å². The van der Waals surface area contributed by atoms with Crippen molar-refractivity contribution >= 4 is 23.9 Å². The van der Waals surface area contributed by atoms with Gasteiger partial charge in [-0.1, -0.05) is 46.3 Å². The highest BCUT2D eigenvalue weighted by atomic mass is 16.6. The van der Waals surface area contributed by atoms with Gasteiger partial charge in [0.15, 0.2) is 0 Å². The Bertz CT molecular complexity index is 529. The molecule has 7 heteroatoms. The lowest BCUT2D eigenvalue weighted by Crippen LogP contribution is -2.01. The summed E-state index contributed by atoms with van der Waals surface area (Å²) in [6.45, 7) is 13.2. The molecular formula is C20H30O7. The minimum Gasteiger partial charge on any atom is -0.466 e. The average molecular weight is 382 g/mol. The summed E-state index contributed by atoms with van der Waals surface area (Å²) < 4.78 is 13.1. The zero-order valence-electron chi connectivity index (χ0n) is 16.6. The summed E-state index contributed by atoms with van der Waals surface area (Å²) in [6.07, 6.45) is 7.96. The summed E-state index contributed by atoms with van der Waals surface area (Å²) in [7, 11) is 1.33. The van der Waals surface area contributed by atoms with E-state index in [-0.39, 0.29) is 11.9 Å². The monoisotopic (exact) mass is 382 g/mol. The third-order valence-electron chi connectivity index (χ3n) is 2.93. The molecule has 152 valence electrons. The number of hydrogen-bond acceptors (Lipinski definition) is 7. The quantitative estimate of drug-likeness (QED) is 0.209. The van der Waals surface area contributed by atoms with Gasteiger partial charge in [0.1, 0.15) is 0 Å². The number of ether oxygens (including phenoxy) is 3. The van der Waals surface area contributed by atoms with Gasteiger partial charge in [-0.15, -0.1) is 0 Å². The van der Waals surface area contributed by atoms with Crippen LogP contribution in [0, 0.1) is 5.92 Å². The Labute approximate surface area is 161 Å². The standard InChI is InChI=1S/C11H20O2.C5H8O2.C4H2O3/c1-4-11(12)13-9-7-5-6-8-10(2)3;1-4(2)5(6)7-3;5-3-1-2-4(6)7-3/h4,10H,1,5-9H2,2-3H3;1H2,2-3H3;1-2H. The highest BCUT2D eigenvalue weighted by molar-refractivity contribution is 6.04. The molecule has 27 heavy (non-hydrogen) atoms. The van der Waals surface area contributed by atoms with Crippen molar-refractivity contribution in [1.82, 2.24) is 0 Å². The third-order valence-corrected chi connectivity index (χ3v) is 2.93. The van der Waals surface area contributed by atoms with Gasteiger partial charge in [0, 0.05) is 23.8 Å². The maximum absolute atomic E-state index is 10.6. The highest BCUT2D eigenvalue weighted by Crippen LogP contribution is 2.07. The van der Waals surface area contributed by atoms with E-state index in [1.807, 2.05) is 0 Å². The fourth-order valence-corrected chi connectivity index (χ4v) is 1.54. The van der Waals surface area contributed by atoms with E-state index in [0.717, 1.165) is 30.9 Å². The first-order valence-electron chi connectivity index (χ1n) is 8.60. The zero-order valence-corrected chi connectivity index (χ0v) is 16.6. The molecule has 0 aromatic heterocycles.